The molecule has 0 aliphatic heterocycles. The Balaban J connectivity index is 3.00. The van der Waals surface area contributed by atoms with Crippen LogP contribution in [0, 0.1) is 0 Å². The van der Waals surface area contributed by atoms with Gasteiger partial charge in [0, 0.05) is 19.1 Å². The van der Waals surface area contributed by atoms with Crippen molar-refractivity contribution in [2.45, 2.75) is 64.7 Å². The van der Waals surface area contributed by atoms with Gasteiger partial charge in [-0.1, -0.05) is 45.4 Å². The number of hydrogen-bond acceptors (Lipinski definition) is 8. The summed E-state index contributed by atoms with van der Waals surface area (Å²) in [6.45, 7) is 11.9. The Morgan fingerprint density at radius 1 is 0.306 bits per heavy atom. The minimum Gasteiger partial charge on any atom is -0.379 e. The summed E-state index contributed by atoms with van der Waals surface area (Å²) in [6, 6.07) is 0. The molecule has 0 rings (SSSR count). The number of hydrogen-bond donors (Lipinski definition) is 0. The molecule has 0 saturated heterocycles. The predicted octanol–water partition coefficient (Wildman–Crippen LogP) is 4.89. The highest BCUT2D eigenvalue weighted by Crippen LogP contribution is 2.02. The van der Waals surface area contributed by atoms with Crippen molar-refractivity contribution in [3.63, 3.8) is 0 Å². The molecule has 0 aromatic carbocycles. The standard InChI is InChI=1S/C27H55ClO8/c1-2-3-4-6-9-12-29-14-16-31-18-20-33-22-24-35-26-27-36-25-23-34-21-19-32-17-15-30-13-10-7-5-8-11-28/h2-27H2,1H3. The van der Waals surface area contributed by atoms with Crippen molar-refractivity contribution in [2.24, 2.45) is 0 Å². The smallest absolute Gasteiger partial charge is 0.0701 e. The van der Waals surface area contributed by atoms with E-state index in [0.717, 1.165) is 38.4 Å². The van der Waals surface area contributed by atoms with Crippen molar-refractivity contribution >= 4 is 11.6 Å². The molecular formula is C27H55ClO8. The molecule has 8 nitrogen and oxygen atoms in total. The fourth-order valence-corrected chi connectivity index (χ4v) is 3.29. The Hall–Kier alpha value is -0.0300. The largest absolute Gasteiger partial charge is 0.379 e. The molecule has 9 heteroatoms. The molecule has 0 saturated carbocycles. The normalized spacial score (nSPS) is 11.5. The zero-order chi connectivity index (χ0) is 26.0. The predicted molar refractivity (Wildman–Crippen MR) is 144 cm³/mol. The molecule has 0 heterocycles. The second kappa shape index (κ2) is 35.0. The van der Waals surface area contributed by atoms with E-state index in [1.54, 1.807) is 0 Å². The molecule has 218 valence electrons. The first kappa shape index (κ1) is 36.0. The lowest BCUT2D eigenvalue weighted by Crippen LogP contribution is -2.15. The lowest BCUT2D eigenvalue weighted by atomic mass is 10.2. The van der Waals surface area contributed by atoms with Crippen LogP contribution in [0.15, 0.2) is 0 Å². The van der Waals surface area contributed by atoms with Gasteiger partial charge in [-0.15, -0.1) is 11.6 Å². The summed E-state index contributed by atoms with van der Waals surface area (Å²) in [5.41, 5.74) is 0. The van der Waals surface area contributed by atoms with Crippen LogP contribution in [0.4, 0.5) is 0 Å². The summed E-state index contributed by atoms with van der Waals surface area (Å²) in [5.74, 6) is 0.751. The Morgan fingerprint density at radius 2 is 0.556 bits per heavy atom. The zero-order valence-corrected chi connectivity index (χ0v) is 23.8. The van der Waals surface area contributed by atoms with Crippen LogP contribution in [-0.4, -0.2) is 112 Å². The second-order valence-corrected chi connectivity index (χ2v) is 8.79. The summed E-state index contributed by atoms with van der Waals surface area (Å²) >= 11 is 5.64. The molecule has 0 fully saturated rings. The van der Waals surface area contributed by atoms with Crippen LogP contribution in [0.5, 0.6) is 0 Å². The van der Waals surface area contributed by atoms with Gasteiger partial charge in [0.25, 0.3) is 0 Å². The Morgan fingerprint density at radius 3 is 0.833 bits per heavy atom. The van der Waals surface area contributed by atoms with Gasteiger partial charge in [0.05, 0.1) is 92.5 Å². The number of halogens is 1. The van der Waals surface area contributed by atoms with Crippen LogP contribution in [0.1, 0.15) is 64.7 Å². The van der Waals surface area contributed by atoms with Gasteiger partial charge < -0.3 is 37.9 Å². The molecular weight excluding hydrogens is 488 g/mol. The van der Waals surface area contributed by atoms with E-state index in [2.05, 4.69) is 6.92 Å². The highest BCUT2D eigenvalue weighted by atomic mass is 35.5. The van der Waals surface area contributed by atoms with Crippen molar-refractivity contribution in [2.75, 3.05) is 112 Å². The van der Waals surface area contributed by atoms with Crippen molar-refractivity contribution in [3.05, 3.63) is 0 Å². The lowest BCUT2D eigenvalue weighted by molar-refractivity contribution is -0.0232. The van der Waals surface area contributed by atoms with Gasteiger partial charge in [-0.25, -0.2) is 0 Å². The van der Waals surface area contributed by atoms with E-state index >= 15 is 0 Å². The second-order valence-electron chi connectivity index (χ2n) is 8.42. The van der Waals surface area contributed by atoms with Crippen LogP contribution in [0.25, 0.3) is 0 Å². The Bertz CT molecular complexity index is 346. The van der Waals surface area contributed by atoms with Gasteiger partial charge in [-0.3, -0.25) is 0 Å². The van der Waals surface area contributed by atoms with Crippen molar-refractivity contribution in [1.29, 1.82) is 0 Å². The van der Waals surface area contributed by atoms with E-state index < -0.39 is 0 Å². The van der Waals surface area contributed by atoms with Crippen LogP contribution in [0.2, 0.25) is 0 Å². The van der Waals surface area contributed by atoms with E-state index in [1.165, 1.54) is 38.5 Å². The van der Waals surface area contributed by atoms with Crippen molar-refractivity contribution in [1.82, 2.24) is 0 Å². The summed E-state index contributed by atoms with van der Waals surface area (Å²) < 4.78 is 43.9. The average molecular weight is 543 g/mol. The van der Waals surface area contributed by atoms with Crippen LogP contribution >= 0.6 is 11.6 Å². The van der Waals surface area contributed by atoms with Gasteiger partial charge in [0.15, 0.2) is 0 Å². The highest BCUT2D eigenvalue weighted by Gasteiger charge is 1.96. The molecule has 0 bridgehead atoms. The minimum absolute atomic E-state index is 0.546. The van der Waals surface area contributed by atoms with E-state index in [4.69, 9.17) is 49.5 Å². The maximum atomic E-state index is 5.64. The molecule has 0 aromatic heterocycles. The number of alkyl halides is 1. The monoisotopic (exact) mass is 542 g/mol. The van der Waals surface area contributed by atoms with Crippen LogP contribution in [-0.2, 0) is 37.9 Å². The number of unbranched alkanes of at least 4 members (excludes halogenated alkanes) is 7. The Labute approximate surface area is 225 Å². The molecule has 0 unspecified atom stereocenters. The van der Waals surface area contributed by atoms with Gasteiger partial charge in [0.1, 0.15) is 0 Å². The quantitative estimate of drug-likeness (QED) is 0.0857. The lowest BCUT2D eigenvalue weighted by Gasteiger charge is -2.08. The summed E-state index contributed by atoms with van der Waals surface area (Å²) in [5, 5.41) is 0. The maximum Gasteiger partial charge on any atom is 0.0701 e. The van der Waals surface area contributed by atoms with Gasteiger partial charge in [-0.05, 0) is 19.3 Å². The third-order valence-electron chi connectivity index (χ3n) is 5.17. The fraction of sp³-hybridized carbons (Fsp3) is 1.00. The first-order valence-electron chi connectivity index (χ1n) is 14.1. The number of rotatable bonds is 33. The molecule has 0 amide bonds. The van der Waals surface area contributed by atoms with E-state index in [-0.39, 0.29) is 0 Å². The van der Waals surface area contributed by atoms with E-state index in [9.17, 15) is 0 Å². The fourth-order valence-electron chi connectivity index (χ4n) is 3.10. The summed E-state index contributed by atoms with van der Waals surface area (Å²) in [6.07, 6.45) is 10.8. The molecule has 36 heavy (non-hydrogen) atoms. The molecule has 0 spiro atoms. The third kappa shape index (κ3) is 34.0. The first-order valence-corrected chi connectivity index (χ1v) is 14.6. The van der Waals surface area contributed by atoms with Crippen LogP contribution < -0.4 is 0 Å². The summed E-state index contributed by atoms with van der Waals surface area (Å²) in [4.78, 5) is 0. The van der Waals surface area contributed by atoms with Gasteiger partial charge in [-0.2, -0.15) is 0 Å². The third-order valence-corrected chi connectivity index (χ3v) is 5.44. The van der Waals surface area contributed by atoms with Crippen LogP contribution in [0.3, 0.4) is 0 Å². The number of ether oxygens (including phenoxy) is 8. The SMILES string of the molecule is CCCCCCCOCCOCCOCCOCCOCCOCCOCCOCCCCCCCl. The topological polar surface area (TPSA) is 73.8 Å². The Kier molecular flexibility index (Phi) is 34.9. The molecule has 0 aliphatic rings. The van der Waals surface area contributed by atoms with Gasteiger partial charge >= 0.3 is 0 Å². The molecule has 0 radical (unpaired) electrons. The highest BCUT2D eigenvalue weighted by molar-refractivity contribution is 6.17. The van der Waals surface area contributed by atoms with Crippen molar-refractivity contribution in [3.8, 4) is 0 Å². The molecule has 0 atom stereocenters. The summed E-state index contributed by atoms with van der Waals surface area (Å²) in [7, 11) is 0. The van der Waals surface area contributed by atoms with E-state index in [0.29, 0.717) is 92.5 Å². The van der Waals surface area contributed by atoms with Gasteiger partial charge in [0.2, 0.25) is 0 Å². The van der Waals surface area contributed by atoms with E-state index in [1.807, 2.05) is 0 Å². The molecule has 0 N–H and O–H groups in total. The molecule has 0 aromatic rings. The maximum absolute atomic E-state index is 5.64. The average Bonchev–Trinajstić information content (AvgIpc) is 2.89. The minimum atomic E-state index is 0.546. The molecule has 0 aliphatic carbocycles. The van der Waals surface area contributed by atoms with Crippen molar-refractivity contribution < 1.29 is 37.9 Å². The zero-order valence-electron chi connectivity index (χ0n) is 23.0. The first-order chi connectivity index (χ1) is 17.9.